The van der Waals surface area contributed by atoms with Crippen LogP contribution in [-0.2, 0) is 9.05 Å². The Morgan fingerprint density at radius 1 is 0.844 bits per heavy atom. The quantitative estimate of drug-likeness (QED) is 0.298. The number of benzene rings is 1. The molecule has 0 saturated carbocycles. The molecule has 32 heavy (non-hydrogen) atoms. The van der Waals surface area contributed by atoms with E-state index >= 15 is 0 Å². The molecule has 0 aliphatic carbocycles. The maximum absolute atomic E-state index is 10.7. The van der Waals surface area contributed by atoms with Crippen LogP contribution in [0.5, 0.6) is 0 Å². The summed E-state index contributed by atoms with van der Waals surface area (Å²) in [6, 6.07) is 12.1. The summed E-state index contributed by atoms with van der Waals surface area (Å²) in [6.45, 7) is 3.49. The molecule has 0 radical (unpaired) electrons. The third kappa shape index (κ3) is 30.4. The fraction of sp³-hybridized carbons (Fsp3) is 0.318. The van der Waals surface area contributed by atoms with Gasteiger partial charge in [-0.15, -0.1) is 29.1 Å². The van der Waals surface area contributed by atoms with Gasteiger partial charge in [0.2, 0.25) is 0 Å². The zero-order valence-electron chi connectivity index (χ0n) is 17.9. The highest BCUT2D eigenvalue weighted by Gasteiger charge is 2.07. The highest BCUT2D eigenvalue weighted by molar-refractivity contribution is 8.13. The zero-order valence-corrected chi connectivity index (χ0v) is 21.0. The molecule has 1 aromatic heterocycles. The van der Waals surface area contributed by atoms with Crippen LogP contribution in [0.2, 0.25) is 0 Å². The number of hydrogen-bond donors (Lipinski definition) is 3. The number of aliphatic hydroxyl groups excluding tert-OH is 3. The van der Waals surface area contributed by atoms with Crippen LogP contribution in [0.1, 0.15) is 18.9 Å². The lowest BCUT2D eigenvalue weighted by molar-refractivity contribution is 0.342. The van der Waals surface area contributed by atoms with E-state index in [4.69, 9.17) is 49.2 Å². The fourth-order valence-corrected chi connectivity index (χ4v) is 2.08. The highest BCUT2D eigenvalue weighted by atomic mass is 35.7. The summed E-state index contributed by atoms with van der Waals surface area (Å²) >= 11 is 9.53. The Labute approximate surface area is 205 Å². The molecule has 1 aromatic carbocycles. The molecule has 0 unspecified atom stereocenters. The second-order valence-corrected chi connectivity index (χ2v) is 8.29. The smallest absolute Gasteiger partial charge is 0.261 e. The first-order valence-electron chi connectivity index (χ1n) is 8.97. The summed E-state index contributed by atoms with van der Waals surface area (Å²) < 4.78 is 21.4. The average Bonchev–Trinajstić information content (AvgIpc) is 2.79. The molecule has 2 aromatic rings. The molecular formula is C22H28Cl3NO5S. The normalized spacial score (nSPS) is 8.38. The summed E-state index contributed by atoms with van der Waals surface area (Å²) in [5.41, 5.74) is 1.01. The lowest BCUT2D eigenvalue weighted by atomic mass is 10.2. The van der Waals surface area contributed by atoms with E-state index in [2.05, 4.69) is 28.7 Å². The average molecular weight is 525 g/mol. The largest absolute Gasteiger partial charge is 0.384 e. The van der Waals surface area contributed by atoms with Crippen LogP contribution in [0.4, 0.5) is 0 Å². The van der Waals surface area contributed by atoms with E-state index in [1.807, 2.05) is 32.0 Å². The van der Waals surface area contributed by atoms with E-state index in [1.165, 1.54) is 12.1 Å². The molecule has 1 heterocycles. The van der Waals surface area contributed by atoms with Gasteiger partial charge < -0.3 is 15.3 Å². The topological polar surface area (TPSA) is 108 Å². The minimum absolute atomic E-state index is 0.00611. The fourth-order valence-electron chi connectivity index (χ4n) is 1.31. The first-order valence-corrected chi connectivity index (χ1v) is 12.3. The van der Waals surface area contributed by atoms with Gasteiger partial charge in [-0.25, -0.2) is 8.42 Å². The second-order valence-electron chi connectivity index (χ2n) is 4.91. The maximum atomic E-state index is 10.7. The SMILES string of the molecule is CCC#CCO.Cc1ccc(S(=O)(=O)Cl)cc1.ClCCl.OCC#CCO.c1ccncc1. The van der Waals surface area contributed by atoms with Gasteiger partial charge in [-0.05, 0) is 31.2 Å². The van der Waals surface area contributed by atoms with Crippen molar-refractivity contribution in [3.8, 4) is 23.7 Å². The standard InChI is InChI=1S/C7H7ClO2S.C5H5N.C5H8O.C4H6O2.CH2Cl2/c1-6-2-4-7(5-3-6)11(8,9)10;1-2-4-6-5-3-1;1-2-3-4-5-6;5-3-1-2-4-6;2-1-3/h2-5H,1H3;1-5H;6H,2,5H2,1H3;5-6H,3-4H2;1H2. The van der Waals surface area contributed by atoms with Crippen molar-refractivity contribution in [1.29, 1.82) is 0 Å². The number of rotatable bonds is 1. The van der Waals surface area contributed by atoms with E-state index in [9.17, 15) is 8.42 Å². The van der Waals surface area contributed by atoms with E-state index in [-0.39, 0.29) is 30.1 Å². The molecule has 10 heteroatoms. The summed E-state index contributed by atoms with van der Waals surface area (Å²) in [5.74, 6) is 9.71. The Kier molecular flexibility index (Phi) is 29.6. The van der Waals surface area contributed by atoms with Gasteiger partial charge in [-0.2, -0.15) is 0 Å². The minimum Gasteiger partial charge on any atom is -0.384 e. The zero-order chi connectivity index (χ0) is 25.1. The number of pyridine rings is 1. The Morgan fingerprint density at radius 2 is 1.25 bits per heavy atom. The highest BCUT2D eigenvalue weighted by Crippen LogP contribution is 2.14. The first kappa shape index (κ1) is 34.8. The molecule has 0 saturated heterocycles. The van der Waals surface area contributed by atoms with Gasteiger partial charge in [-0.1, -0.05) is 48.4 Å². The van der Waals surface area contributed by atoms with Crippen molar-refractivity contribution < 1.29 is 23.7 Å². The Balaban J connectivity index is -0.000000350. The monoisotopic (exact) mass is 523 g/mol. The van der Waals surface area contributed by atoms with Gasteiger partial charge in [0.1, 0.15) is 19.8 Å². The van der Waals surface area contributed by atoms with Crippen molar-refractivity contribution in [2.24, 2.45) is 0 Å². The Bertz CT molecular complexity index is 808. The first-order chi connectivity index (χ1) is 15.2. The second kappa shape index (κ2) is 27.2. The maximum Gasteiger partial charge on any atom is 0.261 e. The van der Waals surface area contributed by atoms with Gasteiger partial charge in [0.15, 0.2) is 0 Å². The molecule has 3 N–H and O–H groups in total. The van der Waals surface area contributed by atoms with Crippen molar-refractivity contribution in [2.75, 3.05) is 25.2 Å². The molecule has 178 valence electrons. The summed E-state index contributed by atoms with van der Waals surface area (Å²) in [4.78, 5) is 3.93. The number of halogens is 3. The molecular weight excluding hydrogens is 497 g/mol. The van der Waals surface area contributed by atoms with Gasteiger partial charge >= 0.3 is 0 Å². The van der Waals surface area contributed by atoms with Gasteiger partial charge in [0.25, 0.3) is 9.05 Å². The molecule has 0 aliphatic heterocycles. The van der Waals surface area contributed by atoms with Crippen molar-refractivity contribution in [1.82, 2.24) is 4.98 Å². The van der Waals surface area contributed by atoms with Crippen molar-refractivity contribution in [2.45, 2.75) is 25.2 Å². The van der Waals surface area contributed by atoms with E-state index in [0.717, 1.165) is 12.0 Å². The summed E-state index contributed by atoms with van der Waals surface area (Å²) in [5, 5.41) is 24.0. The number of nitrogens with zero attached hydrogens (tertiary/aromatic N) is 1. The third-order valence-corrected chi connectivity index (χ3v) is 3.90. The molecule has 0 aliphatic rings. The van der Waals surface area contributed by atoms with Crippen LogP contribution in [0.25, 0.3) is 0 Å². The van der Waals surface area contributed by atoms with E-state index < -0.39 is 9.05 Å². The summed E-state index contributed by atoms with van der Waals surface area (Å²) in [6.07, 6.45) is 4.33. The number of alkyl halides is 2. The predicted octanol–water partition coefficient (Wildman–Crippen LogP) is 3.79. The van der Waals surface area contributed by atoms with Crippen LogP contribution in [0, 0.1) is 30.6 Å². The van der Waals surface area contributed by atoms with Gasteiger partial charge in [0, 0.05) is 29.5 Å². The van der Waals surface area contributed by atoms with E-state index in [0.29, 0.717) is 0 Å². The predicted molar refractivity (Wildman–Crippen MR) is 132 cm³/mol. The van der Waals surface area contributed by atoms with Crippen LogP contribution in [0.15, 0.2) is 59.8 Å². The molecule has 0 bridgehead atoms. The molecule has 0 spiro atoms. The van der Waals surface area contributed by atoms with Crippen molar-refractivity contribution in [3.05, 3.63) is 60.4 Å². The van der Waals surface area contributed by atoms with Gasteiger partial charge in [-0.3, -0.25) is 4.98 Å². The number of hydrogen-bond acceptors (Lipinski definition) is 6. The lowest BCUT2D eigenvalue weighted by Crippen LogP contribution is -1.89. The van der Waals surface area contributed by atoms with Crippen LogP contribution < -0.4 is 0 Å². The summed E-state index contributed by atoms with van der Waals surface area (Å²) in [7, 11) is 1.54. The number of aromatic nitrogens is 1. The molecule has 0 fully saturated rings. The number of aliphatic hydroxyl groups is 3. The molecule has 6 nitrogen and oxygen atoms in total. The molecule has 0 amide bonds. The minimum atomic E-state index is -3.55. The lowest BCUT2D eigenvalue weighted by Gasteiger charge is -1.94. The van der Waals surface area contributed by atoms with Crippen molar-refractivity contribution >= 4 is 42.9 Å². The van der Waals surface area contributed by atoms with Gasteiger partial charge in [0.05, 0.1) is 10.2 Å². The Morgan fingerprint density at radius 3 is 1.47 bits per heavy atom. The number of aryl methyl sites for hydroxylation is 1. The van der Waals surface area contributed by atoms with Crippen LogP contribution in [0.3, 0.4) is 0 Å². The van der Waals surface area contributed by atoms with Crippen LogP contribution in [-0.4, -0.2) is 53.9 Å². The van der Waals surface area contributed by atoms with E-state index in [1.54, 1.807) is 24.5 Å². The van der Waals surface area contributed by atoms with Crippen molar-refractivity contribution in [3.63, 3.8) is 0 Å². The molecule has 0 atom stereocenters. The Hall–Kier alpha value is -1.81. The third-order valence-electron chi connectivity index (χ3n) is 2.53. The molecule has 2 rings (SSSR count). The van der Waals surface area contributed by atoms with Crippen LogP contribution >= 0.6 is 33.9 Å².